The van der Waals surface area contributed by atoms with Crippen LogP contribution in [0.5, 0.6) is 5.75 Å². The number of ether oxygens (including phenoxy) is 1. The number of carbonyl (C=O) groups excluding carboxylic acids is 2. The average molecular weight is 429 g/mol. The highest BCUT2D eigenvalue weighted by Crippen LogP contribution is 2.26. The molecule has 0 aromatic heterocycles. The van der Waals surface area contributed by atoms with E-state index in [-0.39, 0.29) is 18.6 Å². The van der Waals surface area contributed by atoms with Crippen LogP contribution in [-0.2, 0) is 4.79 Å². The molecule has 2 aromatic rings. The SMILES string of the molecule is CCC(C)(CO)CO.Cc1cc(C)c(OC(=O)C(=O)c2c(C)cc(C)cc2C)c(C)c1. The molecular formula is C26H36O5. The second kappa shape index (κ2) is 11.2. The third-order valence-electron chi connectivity index (χ3n) is 5.51. The van der Waals surface area contributed by atoms with Crippen LogP contribution in [0.2, 0.25) is 0 Å². The van der Waals surface area contributed by atoms with Gasteiger partial charge in [0.1, 0.15) is 5.75 Å². The average Bonchev–Trinajstić information content (AvgIpc) is 2.69. The lowest BCUT2D eigenvalue weighted by atomic mass is 9.90. The molecule has 0 amide bonds. The second-order valence-electron chi connectivity index (χ2n) is 8.70. The lowest BCUT2D eigenvalue weighted by Crippen LogP contribution is -2.24. The Morgan fingerprint density at radius 3 is 1.52 bits per heavy atom. The van der Waals surface area contributed by atoms with E-state index in [1.165, 1.54) is 0 Å². The summed E-state index contributed by atoms with van der Waals surface area (Å²) in [7, 11) is 0. The number of benzene rings is 2. The van der Waals surface area contributed by atoms with Crippen molar-refractivity contribution in [1.82, 2.24) is 0 Å². The smallest absolute Gasteiger partial charge is 0.385 e. The molecule has 0 saturated carbocycles. The molecule has 0 fully saturated rings. The molecule has 2 rings (SSSR count). The van der Waals surface area contributed by atoms with E-state index in [4.69, 9.17) is 14.9 Å². The van der Waals surface area contributed by atoms with Crippen LogP contribution >= 0.6 is 0 Å². The Kier molecular flexibility index (Phi) is 9.60. The predicted octanol–water partition coefficient (Wildman–Crippen LogP) is 4.71. The van der Waals surface area contributed by atoms with Crippen molar-refractivity contribution in [2.75, 3.05) is 13.2 Å². The number of aliphatic hydroxyl groups is 2. The summed E-state index contributed by atoms with van der Waals surface area (Å²) in [5.74, 6) is -0.967. The quantitative estimate of drug-likeness (QED) is 0.301. The van der Waals surface area contributed by atoms with Crippen LogP contribution in [0.25, 0.3) is 0 Å². The first-order valence-corrected chi connectivity index (χ1v) is 10.5. The first kappa shape index (κ1) is 26.5. The fraction of sp³-hybridized carbons (Fsp3) is 0.462. The van der Waals surface area contributed by atoms with Crippen LogP contribution < -0.4 is 4.74 Å². The normalized spacial score (nSPS) is 10.9. The summed E-state index contributed by atoms with van der Waals surface area (Å²) < 4.78 is 5.40. The molecule has 2 N–H and O–H groups in total. The molecule has 2 aromatic carbocycles. The topological polar surface area (TPSA) is 83.8 Å². The number of hydrogen-bond acceptors (Lipinski definition) is 5. The molecule has 0 aliphatic heterocycles. The van der Waals surface area contributed by atoms with Gasteiger partial charge in [-0.05, 0) is 70.2 Å². The van der Waals surface area contributed by atoms with Gasteiger partial charge in [0.15, 0.2) is 0 Å². The van der Waals surface area contributed by atoms with Crippen molar-refractivity contribution in [1.29, 1.82) is 0 Å². The minimum atomic E-state index is -0.838. The Hall–Kier alpha value is -2.50. The maximum absolute atomic E-state index is 12.5. The molecule has 31 heavy (non-hydrogen) atoms. The van der Waals surface area contributed by atoms with Gasteiger partial charge in [-0.2, -0.15) is 0 Å². The van der Waals surface area contributed by atoms with Crippen LogP contribution in [0.3, 0.4) is 0 Å². The minimum absolute atomic E-state index is 0.0694. The van der Waals surface area contributed by atoms with Gasteiger partial charge in [-0.1, -0.05) is 49.2 Å². The molecule has 5 heteroatoms. The Labute approximate surface area is 186 Å². The maximum atomic E-state index is 12.5. The Morgan fingerprint density at radius 2 is 1.19 bits per heavy atom. The molecule has 170 valence electrons. The van der Waals surface area contributed by atoms with Gasteiger partial charge >= 0.3 is 5.97 Å². The summed E-state index contributed by atoms with van der Waals surface area (Å²) in [6.07, 6.45) is 0.819. The first-order chi connectivity index (χ1) is 14.4. The second-order valence-corrected chi connectivity index (χ2v) is 8.70. The summed E-state index contributed by atoms with van der Waals surface area (Å²) in [6, 6.07) is 7.66. The highest BCUT2D eigenvalue weighted by Gasteiger charge is 2.24. The largest absolute Gasteiger partial charge is 0.420 e. The van der Waals surface area contributed by atoms with Crippen molar-refractivity contribution in [3.05, 3.63) is 63.2 Å². The fourth-order valence-electron chi connectivity index (χ4n) is 3.38. The highest BCUT2D eigenvalue weighted by atomic mass is 16.5. The minimum Gasteiger partial charge on any atom is -0.420 e. The van der Waals surface area contributed by atoms with E-state index in [1.54, 1.807) is 0 Å². The number of aliphatic hydroxyl groups excluding tert-OH is 2. The number of rotatable bonds is 6. The van der Waals surface area contributed by atoms with Gasteiger partial charge in [0.2, 0.25) is 0 Å². The van der Waals surface area contributed by atoms with Gasteiger partial charge in [-0.15, -0.1) is 0 Å². The van der Waals surface area contributed by atoms with Crippen LogP contribution in [0.15, 0.2) is 24.3 Å². The van der Waals surface area contributed by atoms with Crippen LogP contribution in [0.1, 0.15) is 64.0 Å². The summed E-state index contributed by atoms with van der Waals surface area (Å²) >= 11 is 0. The van der Waals surface area contributed by atoms with Gasteiger partial charge in [0.25, 0.3) is 5.78 Å². The number of ketones is 1. The molecule has 0 aliphatic carbocycles. The van der Waals surface area contributed by atoms with Crippen molar-refractivity contribution in [2.24, 2.45) is 5.41 Å². The molecule has 0 saturated heterocycles. The van der Waals surface area contributed by atoms with E-state index in [1.807, 2.05) is 79.7 Å². The van der Waals surface area contributed by atoms with E-state index in [0.29, 0.717) is 11.3 Å². The van der Waals surface area contributed by atoms with E-state index in [9.17, 15) is 9.59 Å². The zero-order valence-corrected chi connectivity index (χ0v) is 20.0. The van der Waals surface area contributed by atoms with E-state index in [0.717, 1.165) is 39.8 Å². The summed E-state index contributed by atoms with van der Waals surface area (Å²) in [5, 5.41) is 17.3. The zero-order chi connectivity index (χ0) is 23.9. The molecular weight excluding hydrogens is 392 g/mol. The van der Waals surface area contributed by atoms with E-state index >= 15 is 0 Å². The monoisotopic (exact) mass is 428 g/mol. The number of aryl methyl sites for hydroxylation is 6. The predicted molar refractivity (Wildman–Crippen MR) is 124 cm³/mol. The molecule has 0 heterocycles. The molecule has 0 unspecified atom stereocenters. The van der Waals surface area contributed by atoms with Crippen molar-refractivity contribution >= 4 is 11.8 Å². The van der Waals surface area contributed by atoms with Gasteiger partial charge in [-0.25, -0.2) is 4.79 Å². The van der Waals surface area contributed by atoms with Crippen molar-refractivity contribution < 1.29 is 24.5 Å². The number of carbonyl (C=O) groups is 2. The fourth-order valence-corrected chi connectivity index (χ4v) is 3.38. The molecule has 0 bridgehead atoms. The first-order valence-electron chi connectivity index (χ1n) is 10.5. The Bertz CT molecular complexity index is 885. The van der Waals surface area contributed by atoms with E-state index < -0.39 is 11.8 Å². The molecule has 5 nitrogen and oxygen atoms in total. The van der Waals surface area contributed by atoms with Crippen molar-refractivity contribution in [3.63, 3.8) is 0 Å². The molecule has 0 radical (unpaired) electrons. The van der Waals surface area contributed by atoms with Crippen LogP contribution in [0.4, 0.5) is 0 Å². The molecule has 0 spiro atoms. The summed E-state index contributed by atoms with van der Waals surface area (Å²) in [4.78, 5) is 24.8. The van der Waals surface area contributed by atoms with Crippen molar-refractivity contribution in [3.8, 4) is 5.75 Å². The molecule has 0 aliphatic rings. The third-order valence-corrected chi connectivity index (χ3v) is 5.51. The lowest BCUT2D eigenvalue weighted by molar-refractivity contribution is -0.129. The Morgan fingerprint density at radius 1 is 0.806 bits per heavy atom. The number of esters is 1. The third kappa shape index (κ3) is 7.01. The van der Waals surface area contributed by atoms with Gasteiger partial charge < -0.3 is 14.9 Å². The molecule has 0 atom stereocenters. The number of hydrogen-bond donors (Lipinski definition) is 2. The number of Topliss-reactive ketones (excluding diaryl/α,β-unsaturated/α-hetero) is 1. The van der Waals surface area contributed by atoms with E-state index in [2.05, 4.69) is 0 Å². The van der Waals surface area contributed by atoms with Gasteiger partial charge in [0.05, 0.1) is 13.2 Å². The standard InChI is InChI=1S/C20H22O3.C6H14O2/c1-11-7-13(3)17(14(4)8-11)18(21)20(22)23-19-15(5)9-12(2)10-16(19)6;1-3-6(2,4-7)5-8/h7-10H,1-6H3;7-8H,3-5H2,1-2H3. The highest BCUT2D eigenvalue weighted by molar-refractivity contribution is 6.41. The van der Waals surface area contributed by atoms with Crippen LogP contribution in [-0.4, -0.2) is 35.2 Å². The van der Waals surface area contributed by atoms with Crippen LogP contribution in [0, 0.1) is 47.0 Å². The van der Waals surface area contributed by atoms with Crippen molar-refractivity contribution in [2.45, 2.75) is 61.8 Å². The summed E-state index contributed by atoms with van der Waals surface area (Å²) in [6.45, 7) is 15.3. The summed E-state index contributed by atoms with van der Waals surface area (Å²) in [5.41, 5.74) is 5.61. The Balaban J connectivity index is 0.000000512. The van der Waals surface area contributed by atoms with Gasteiger partial charge in [0, 0.05) is 11.0 Å². The van der Waals surface area contributed by atoms with Gasteiger partial charge in [-0.3, -0.25) is 4.79 Å². The maximum Gasteiger partial charge on any atom is 0.385 e. The zero-order valence-electron chi connectivity index (χ0n) is 20.0. The lowest BCUT2D eigenvalue weighted by Gasteiger charge is -2.21.